The molecule has 0 aliphatic rings. The molecule has 30 heavy (non-hydrogen) atoms. The largest absolute Gasteiger partial charge is 0.484 e. The molecule has 0 fully saturated rings. The first-order valence-electron chi connectivity index (χ1n) is 8.81. The molecule has 0 saturated heterocycles. The van der Waals surface area contributed by atoms with Gasteiger partial charge in [-0.1, -0.05) is 18.2 Å². The molecule has 0 aliphatic carbocycles. The van der Waals surface area contributed by atoms with Gasteiger partial charge in [0.2, 0.25) is 11.8 Å². The number of amides is 3. The van der Waals surface area contributed by atoms with Gasteiger partial charge in [-0.2, -0.15) is 0 Å². The number of nitrogens with one attached hydrogen (secondary N) is 2. The zero-order valence-corrected chi connectivity index (χ0v) is 16.7. The summed E-state index contributed by atoms with van der Waals surface area (Å²) in [6.45, 7) is 3.53. The second-order valence-electron chi connectivity index (χ2n) is 6.20. The summed E-state index contributed by atoms with van der Waals surface area (Å²) in [6, 6.07) is 6.95. The molecule has 0 radical (unpaired) electrons. The lowest BCUT2D eigenvalue weighted by Gasteiger charge is -2.10. The van der Waals surface area contributed by atoms with Crippen LogP contribution in [0.1, 0.15) is 28.9 Å². The lowest BCUT2D eigenvalue weighted by atomic mass is 10.2. The number of rotatable bonds is 10. The van der Waals surface area contributed by atoms with Crippen molar-refractivity contribution in [2.24, 2.45) is 5.73 Å². The monoisotopic (exact) mass is 434 g/mol. The lowest BCUT2D eigenvalue weighted by Crippen LogP contribution is -2.29. The molecule has 1 heterocycles. The van der Waals surface area contributed by atoms with Crippen molar-refractivity contribution in [3.8, 4) is 5.75 Å². The van der Waals surface area contributed by atoms with Gasteiger partial charge in [0, 0.05) is 24.4 Å². The molecule has 0 aliphatic heterocycles. The molecule has 0 bridgehead atoms. The number of halogens is 2. The van der Waals surface area contributed by atoms with Crippen LogP contribution in [0.3, 0.4) is 0 Å². The molecule has 0 unspecified atom stereocenters. The number of aromatic nitrogens is 1. The van der Waals surface area contributed by atoms with Gasteiger partial charge in [0.1, 0.15) is 11.6 Å². The number of carbonyl (C=O) groups is 3. The summed E-state index contributed by atoms with van der Waals surface area (Å²) in [5, 5.41) is 5.13. The van der Waals surface area contributed by atoms with Gasteiger partial charge in [0.15, 0.2) is 6.61 Å². The van der Waals surface area contributed by atoms with Crippen LogP contribution in [0.15, 0.2) is 48.8 Å². The highest BCUT2D eigenvalue weighted by Gasteiger charge is 2.09. The molecule has 2 aromatic rings. The SMILES string of the molecule is C=C(CCC(=O)NCc1ccc(C(N)=O)cn1)NC(=O)COc1ccc(Cl)c(F)c1. The third-order valence-electron chi connectivity index (χ3n) is 3.81. The average molecular weight is 435 g/mol. The number of hydrogen-bond acceptors (Lipinski definition) is 5. The Labute approximate surface area is 177 Å². The van der Waals surface area contributed by atoms with Crippen LogP contribution in [0.5, 0.6) is 5.75 Å². The van der Waals surface area contributed by atoms with E-state index in [9.17, 15) is 18.8 Å². The van der Waals surface area contributed by atoms with Crippen molar-refractivity contribution in [3.63, 3.8) is 0 Å². The fourth-order valence-electron chi connectivity index (χ4n) is 2.23. The van der Waals surface area contributed by atoms with Crippen LogP contribution in [0.4, 0.5) is 4.39 Å². The van der Waals surface area contributed by atoms with E-state index >= 15 is 0 Å². The standard InChI is InChI=1S/C20H20ClFN4O4/c1-12(26-19(28)11-30-15-5-6-16(21)17(22)8-15)2-7-18(27)25-10-14-4-3-13(9-24-14)20(23)29/h3-6,8-9H,1-2,7,10-11H2,(H2,23,29)(H,25,27)(H,26,28). The van der Waals surface area contributed by atoms with E-state index in [1.165, 1.54) is 24.4 Å². The maximum absolute atomic E-state index is 13.3. The van der Waals surface area contributed by atoms with Crippen LogP contribution in [0.2, 0.25) is 5.02 Å². The number of benzene rings is 1. The predicted molar refractivity (Wildman–Crippen MR) is 108 cm³/mol. The van der Waals surface area contributed by atoms with E-state index in [1.807, 2.05) is 0 Å². The van der Waals surface area contributed by atoms with Crippen molar-refractivity contribution in [1.82, 2.24) is 15.6 Å². The van der Waals surface area contributed by atoms with Crippen molar-refractivity contribution < 1.29 is 23.5 Å². The third-order valence-corrected chi connectivity index (χ3v) is 4.11. The van der Waals surface area contributed by atoms with Crippen LogP contribution < -0.4 is 21.1 Å². The van der Waals surface area contributed by atoms with Crippen LogP contribution in [0, 0.1) is 5.82 Å². The van der Waals surface area contributed by atoms with Crippen LogP contribution in [-0.4, -0.2) is 29.3 Å². The summed E-state index contributed by atoms with van der Waals surface area (Å²) in [7, 11) is 0. The first-order valence-corrected chi connectivity index (χ1v) is 9.19. The summed E-state index contributed by atoms with van der Waals surface area (Å²) in [5.74, 6) is -1.82. The summed E-state index contributed by atoms with van der Waals surface area (Å²) < 4.78 is 18.5. The second kappa shape index (κ2) is 10.9. The predicted octanol–water partition coefficient (Wildman–Crippen LogP) is 2.08. The normalized spacial score (nSPS) is 10.2. The molecule has 1 aromatic heterocycles. The summed E-state index contributed by atoms with van der Waals surface area (Å²) >= 11 is 5.57. The van der Waals surface area contributed by atoms with Crippen molar-refractivity contribution >= 4 is 29.3 Å². The van der Waals surface area contributed by atoms with Crippen molar-refractivity contribution in [1.29, 1.82) is 0 Å². The van der Waals surface area contributed by atoms with Gasteiger partial charge < -0.3 is 21.1 Å². The second-order valence-corrected chi connectivity index (χ2v) is 6.60. The quantitative estimate of drug-likeness (QED) is 0.528. The van der Waals surface area contributed by atoms with Gasteiger partial charge in [-0.3, -0.25) is 19.4 Å². The minimum atomic E-state index is -0.649. The number of primary amides is 1. The van der Waals surface area contributed by atoms with E-state index in [0.29, 0.717) is 11.4 Å². The van der Waals surface area contributed by atoms with Gasteiger partial charge >= 0.3 is 0 Å². The van der Waals surface area contributed by atoms with Crippen molar-refractivity contribution in [2.75, 3.05) is 6.61 Å². The Morgan fingerprint density at radius 3 is 2.57 bits per heavy atom. The number of ether oxygens (including phenoxy) is 1. The van der Waals surface area contributed by atoms with Gasteiger partial charge in [-0.15, -0.1) is 0 Å². The number of allylic oxidation sites excluding steroid dienone is 1. The topological polar surface area (TPSA) is 123 Å². The molecule has 0 spiro atoms. The number of pyridine rings is 1. The van der Waals surface area contributed by atoms with E-state index in [0.717, 1.165) is 6.07 Å². The van der Waals surface area contributed by atoms with Crippen LogP contribution in [0.25, 0.3) is 0 Å². The minimum absolute atomic E-state index is 0.0445. The molecule has 4 N–H and O–H groups in total. The Morgan fingerprint density at radius 1 is 1.17 bits per heavy atom. The zero-order chi connectivity index (χ0) is 22.1. The Kier molecular flexibility index (Phi) is 8.30. The summed E-state index contributed by atoms with van der Waals surface area (Å²) in [5.41, 5.74) is 6.32. The first-order chi connectivity index (χ1) is 14.2. The molecule has 1 aromatic carbocycles. The number of hydrogen-bond donors (Lipinski definition) is 3. The molecule has 2 rings (SSSR count). The van der Waals surface area contributed by atoms with Gasteiger partial charge in [0.25, 0.3) is 5.91 Å². The maximum Gasteiger partial charge on any atom is 0.262 e. The van der Waals surface area contributed by atoms with Crippen LogP contribution in [-0.2, 0) is 16.1 Å². The molecular formula is C20H20ClFN4O4. The number of nitrogens with zero attached hydrogens (tertiary/aromatic N) is 1. The summed E-state index contributed by atoms with van der Waals surface area (Å²) in [4.78, 5) is 38.8. The van der Waals surface area contributed by atoms with E-state index in [2.05, 4.69) is 22.2 Å². The maximum atomic E-state index is 13.3. The molecule has 8 nitrogen and oxygen atoms in total. The van der Waals surface area contributed by atoms with Gasteiger partial charge in [-0.05, 0) is 30.7 Å². The lowest BCUT2D eigenvalue weighted by molar-refractivity contribution is -0.123. The molecule has 3 amide bonds. The Bertz CT molecular complexity index is 950. The highest BCUT2D eigenvalue weighted by atomic mass is 35.5. The molecule has 158 valence electrons. The van der Waals surface area contributed by atoms with Crippen LogP contribution >= 0.6 is 11.6 Å². The van der Waals surface area contributed by atoms with E-state index in [1.54, 1.807) is 6.07 Å². The highest BCUT2D eigenvalue weighted by Crippen LogP contribution is 2.20. The van der Waals surface area contributed by atoms with E-state index in [-0.39, 0.29) is 48.2 Å². The average Bonchev–Trinajstić information content (AvgIpc) is 2.72. The van der Waals surface area contributed by atoms with Gasteiger partial charge in [0.05, 0.1) is 22.8 Å². The molecule has 0 saturated carbocycles. The third kappa shape index (κ3) is 7.51. The van der Waals surface area contributed by atoms with Crippen molar-refractivity contribution in [3.05, 3.63) is 70.9 Å². The van der Waals surface area contributed by atoms with Crippen molar-refractivity contribution in [2.45, 2.75) is 19.4 Å². The van der Waals surface area contributed by atoms with Gasteiger partial charge in [-0.25, -0.2) is 4.39 Å². The molecule has 0 atom stereocenters. The molecule has 10 heteroatoms. The Hall–Kier alpha value is -3.46. The highest BCUT2D eigenvalue weighted by molar-refractivity contribution is 6.30. The Morgan fingerprint density at radius 2 is 1.93 bits per heavy atom. The number of carbonyl (C=O) groups excluding carboxylic acids is 3. The smallest absolute Gasteiger partial charge is 0.262 e. The Balaban J connectivity index is 1.66. The molecular weight excluding hydrogens is 415 g/mol. The first kappa shape index (κ1) is 22.8. The minimum Gasteiger partial charge on any atom is -0.484 e. The fourth-order valence-corrected chi connectivity index (χ4v) is 2.35. The number of nitrogens with two attached hydrogens (primary N) is 1. The summed E-state index contributed by atoms with van der Waals surface area (Å²) in [6.07, 6.45) is 1.66. The van der Waals surface area contributed by atoms with E-state index in [4.69, 9.17) is 22.1 Å². The zero-order valence-electron chi connectivity index (χ0n) is 15.9. The van der Waals surface area contributed by atoms with E-state index < -0.39 is 17.6 Å². The fraction of sp³-hybridized carbons (Fsp3) is 0.200.